The van der Waals surface area contributed by atoms with Crippen LogP contribution in [0, 0.1) is 11.8 Å². The van der Waals surface area contributed by atoms with Gasteiger partial charge in [-0.3, -0.25) is 14.4 Å². The molecule has 2 aromatic rings. The van der Waals surface area contributed by atoms with Crippen LogP contribution in [0.15, 0.2) is 30.3 Å². The highest BCUT2D eigenvalue weighted by Crippen LogP contribution is 2.29. The zero-order valence-electron chi connectivity index (χ0n) is 22.7. The standard InChI is InChI=1S/C28H40N6O3S/c1-19(2)24-26-31-25(20-9-5-4-6-10-20)32-34(26)17-16-33(28(37)21-11-7-12-21)15-8-13-23(35)29-22(14-18-38-3)27(36)30-24/h4-6,9-10,19,21-22,24H,7-8,11-18H2,1-3H3,(H,29,35)(H,30,36)/t22-,24+/m0/s1. The predicted molar refractivity (Wildman–Crippen MR) is 149 cm³/mol. The summed E-state index contributed by atoms with van der Waals surface area (Å²) in [7, 11) is 0. The Kier molecular flexibility index (Phi) is 9.82. The van der Waals surface area contributed by atoms with E-state index in [0.717, 1.165) is 30.6 Å². The quantitative estimate of drug-likeness (QED) is 0.581. The van der Waals surface area contributed by atoms with E-state index in [9.17, 15) is 14.4 Å². The molecule has 1 fully saturated rings. The normalized spacial score (nSPS) is 21.7. The number of carbonyl (C=O) groups is 3. The minimum atomic E-state index is -0.628. The van der Waals surface area contributed by atoms with Crippen LogP contribution in [-0.4, -0.2) is 68.5 Å². The van der Waals surface area contributed by atoms with Crippen molar-refractivity contribution >= 4 is 29.5 Å². The van der Waals surface area contributed by atoms with Gasteiger partial charge < -0.3 is 15.5 Å². The molecule has 2 atom stereocenters. The second-order valence-electron chi connectivity index (χ2n) is 10.6. The highest BCUT2D eigenvalue weighted by molar-refractivity contribution is 7.98. The van der Waals surface area contributed by atoms with Crippen molar-refractivity contribution in [3.8, 4) is 11.4 Å². The van der Waals surface area contributed by atoms with Gasteiger partial charge in [0.15, 0.2) is 11.6 Å². The molecule has 3 amide bonds. The van der Waals surface area contributed by atoms with Crippen molar-refractivity contribution in [2.24, 2.45) is 11.8 Å². The number of carbonyl (C=O) groups excluding carboxylic acids is 3. The first kappa shape index (κ1) is 28.1. The molecule has 0 radical (unpaired) electrons. The summed E-state index contributed by atoms with van der Waals surface area (Å²) >= 11 is 1.64. The Balaban J connectivity index is 1.70. The molecule has 10 heteroatoms. The van der Waals surface area contributed by atoms with E-state index in [1.54, 1.807) is 11.8 Å². The van der Waals surface area contributed by atoms with E-state index in [-0.39, 0.29) is 36.0 Å². The molecule has 9 nitrogen and oxygen atoms in total. The fourth-order valence-corrected chi connectivity index (χ4v) is 5.38. The minimum Gasteiger partial charge on any atom is -0.344 e. The van der Waals surface area contributed by atoms with Crippen molar-refractivity contribution in [3.63, 3.8) is 0 Å². The van der Waals surface area contributed by atoms with E-state index < -0.39 is 12.1 Å². The molecule has 4 rings (SSSR count). The van der Waals surface area contributed by atoms with E-state index in [1.165, 1.54) is 0 Å². The Morgan fingerprint density at radius 3 is 2.50 bits per heavy atom. The molecular weight excluding hydrogens is 500 g/mol. The number of rotatable bonds is 6. The van der Waals surface area contributed by atoms with Gasteiger partial charge in [0.25, 0.3) is 0 Å². The van der Waals surface area contributed by atoms with Gasteiger partial charge in [0.2, 0.25) is 17.7 Å². The average Bonchev–Trinajstić information content (AvgIpc) is 3.29. The maximum atomic E-state index is 13.4. The van der Waals surface area contributed by atoms with E-state index >= 15 is 0 Å². The number of nitrogens with zero attached hydrogens (tertiary/aromatic N) is 4. The van der Waals surface area contributed by atoms with E-state index in [0.29, 0.717) is 44.1 Å². The van der Waals surface area contributed by atoms with Gasteiger partial charge in [0.05, 0.1) is 12.6 Å². The number of hydrogen-bond acceptors (Lipinski definition) is 6. The van der Waals surface area contributed by atoms with Crippen molar-refractivity contribution < 1.29 is 14.4 Å². The smallest absolute Gasteiger partial charge is 0.243 e. The zero-order valence-corrected chi connectivity index (χ0v) is 23.5. The first-order valence-electron chi connectivity index (χ1n) is 13.7. The van der Waals surface area contributed by atoms with Gasteiger partial charge in [-0.25, -0.2) is 9.67 Å². The van der Waals surface area contributed by atoms with Crippen LogP contribution in [0.1, 0.15) is 64.2 Å². The van der Waals surface area contributed by atoms with Crippen LogP contribution in [0.5, 0.6) is 0 Å². The molecule has 38 heavy (non-hydrogen) atoms. The largest absolute Gasteiger partial charge is 0.344 e. The van der Waals surface area contributed by atoms with Crippen LogP contribution < -0.4 is 10.6 Å². The van der Waals surface area contributed by atoms with Gasteiger partial charge in [-0.05, 0) is 43.6 Å². The third-order valence-electron chi connectivity index (χ3n) is 7.42. The van der Waals surface area contributed by atoms with Crippen molar-refractivity contribution in [2.45, 2.75) is 71.0 Å². The molecule has 0 bridgehead atoms. The van der Waals surface area contributed by atoms with Gasteiger partial charge in [0, 0.05) is 31.0 Å². The topological polar surface area (TPSA) is 109 Å². The van der Waals surface area contributed by atoms with E-state index in [2.05, 4.69) is 10.6 Å². The molecule has 0 saturated heterocycles. The van der Waals surface area contributed by atoms with Crippen LogP contribution in [0.3, 0.4) is 0 Å². The summed E-state index contributed by atoms with van der Waals surface area (Å²) < 4.78 is 1.86. The summed E-state index contributed by atoms with van der Waals surface area (Å²) in [5.41, 5.74) is 0.895. The van der Waals surface area contributed by atoms with Gasteiger partial charge in [-0.2, -0.15) is 16.9 Å². The molecule has 2 N–H and O–H groups in total. The molecular formula is C28H40N6O3S. The lowest BCUT2D eigenvalue weighted by atomic mass is 9.84. The maximum absolute atomic E-state index is 13.4. The number of fused-ring (bicyclic) bond motifs is 1. The number of benzene rings is 1. The van der Waals surface area contributed by atoms with Crippen LogP contribution in [0.25, 0.3) is 11.4 Å². The predicted octanol–water partition coefficient (Wildman–Crippen LogP) is 3.42. The molecule has 206 valence electrons. The van der Waals surface area contributed by atoms with Crippen LogP contribution in [0.2, 0.25) is 0 Å². The van der Waals surface area contributed by atoms with E-state index in [1.807, 2.05) is 60.0 Å². The molecule has 0 spiro atoms. The second-order valence-corrected chi connectivity index (χ2v) is 11.6. The Morgan fingerprint density at radius 2 is 1.84 bits per heavy atom. The SMILES string of the molecule is CSCC[C@@H]1NC(=O)CCCN(C(=O)C2CCC2)CCn2nc(-c3ccccc3)nc2[C@@H](C(C)C)NC1=O. The summed E-state index contributed by atoms with van der Waals surface area (Å²) in [4.78, 5) is 46.3. The fraction of sp³-hybridized carbons (Fsp3) is 0.607. The molecule has 1 aliphatic heterocycles. The third kappa shape index (κ3) is 6.95. The number of aromatic nitrogens is 3. The lowest BCUT2D eigenvalue weighted by molar-refractivity contribution is -0.138. The zero-order chi connectivity index (χ0) is 27.1. The van der Waals surface area contributed by atoms with Gasteiger partial charge >= 0.3 is 0 Å². The molecule has 1 aliphatic carbocycles. The summed E-state index contributed by atoms with van der Waals surface area (Å²) in [6.07, 6.45) is 6.31. The van der Waals surface area contributed by atoms with Crippen molar-refractivity contribution in [1.82, 2.24) is 30.3 Å². The molecule has 1 aromatic carbocycles. The van der Waals surface area contributed by atoms with Gasteiger partial charge in [-0.1, -0.05) is 50.6 Å². The Hall–Kier alpha value is -2.88. The lowest BCUT2D eigenvalue weighted by Crippen LogP contribution is -2.49. The second kappa shape index (κ2) is 13.3. The third-order valence-corrected chi connectivity index (χ3v) is 8.06. The first-order chi connectivity index (χ1) is 18.4. The molecule has 1 aromatic heterocycles. The first-order valence-corrected chi connectivity index (χ1v) is 15.1. The number of hydrogen-bond donors (Lipinski definition) is 2. The summed E-state index contributed by atoms with van der Waals surface area (Å²) in [5.74, 6) is 1.92. The van der Waals surface area contributed by atoms with Gasteiger partial charge in [-0.15, -0.1) is 0 Å². The van der Waals surface area contributed by atoms with E-state index in [4.69, 9.17) is 10.1 Å². The summed E-state index contributed by atoms with van der Waals surface area (Å²) in [6.45, 7) is 5.54. The van der Waals surface area contributed by atoms with Crippen LogP contribution in [-0.2, 0) is 20.9 Å². The Labute approximate surface area is 229 Å². The van der Waals surface area contributed by atoms with Crippen molar-refractivity contribution in [3.05, 3.63) is 36.2 Å². The minimum absolute atomic E-state index is 0.0306. The molecule has 0 unspecified atom stereocenters. The maximum Gasteiger partial charge on any atom is 0.243 e. The summed E-state index contributed by atoms with van der Waals surface area (Å²) in [5, 5.41) is 11.0. The Morgan fingerprint density at radius 1 is 1.08 bits per heavy atom. The Bertz CT molecular complexity index is 1100. The summed E-state index contributed by atoms with van der Waals surface area (Å²) in [6, 6.07) is 8.75. The average molecular weight is 541 g/mol. The highest BCUT2D eigenvalue weighted by atomic mass is 32.2. The number of amides is 3. The molecule has 2 heterocycles. The van der Waals surface area contributed by atoms with Crippen LogP contribution >= 0.6 is 11.8 Å². The lowest BCUT2D eigenvalue weighted by Gasteiger charge is -2.32. The van der Waals surface area contributed by atoms with Crippen molar-refractivity contribution in [2.75, 3.05) is 25.1 Å². The molecule has 2 aliphatic rings. The van der Waals surface area contributed by atoms with Gasteiger partial charge in [0.1, 0.15) is 6.04 Å². The fourth-order valence-electron chi connectivity index (χ4n) is 4.90. The number of thioether (sulfide) groups is 1. The van der Waals surface area contributed by atoms with Crippen molar-refractivity contribution in [1.29, 1.82) is 0 Å². The number of nitrogens with one attached hydrogen (secondary N) is 2. The monoisotopic (exact) mass is 540 g/mol. The molecule has 1 saturated carbocycles. The highest BCUT2D eigenvalue weighted by Gasteiger charge is 2.32. The van der Waals surface area contributed by atoms with Crippen LogP contribution in [0.4, 0.5) is 0 Å².